The highest BCUT2D eigenvalue weighted by molar-refractivity contribution is 5.77. The summed E-state index contributed by atoms with van der Waals surface area (Å²) in [7, 11) is 0. The molecule has 0 saturated heterocycles. The summed E-state index contributed by atoms with van der Waals surface area (Å²) in [6.45, 7) is 8.88. The topological polar surface area (TPSA) is 78.6 Å². The van der Waals surface area contributed by atoms with Gasteiger partial charge in [0.05, 0.1) is 0 Å². The lowest BCUT2D eigenvalue weighted by Crippen LogP contribution is -2.33. The van der Waals surface area contributed by atoms with Crippen LogP contribution in [0.2, 0.25) is 0 Å². The van der Waals surface area contributed by atoms with Crippen molar-refractivity contribution in [3.8, 4) is 0 Å². The van der Waals surface area contributed by atoms with E-state index in [-0.39, 0.29) is 25.4 Å². The minimum absolute atomic E-state index is 0.0988. The van der Waals surface area contributed by atoms with Gasteiger partial charge in [-0.3, -0.25) is 9.59 Å². The molecule has 17 heavy (non-hydrogen) atoms. The fraction of sp³-hybridized carbons (Fsp3) is 0.667. The molecule has 2 N–H and O–H groups in total. The molecule has 0 radical (unpaired) electrons. The van der Waals surface area contributed by atoms with Crippen LogP contribution in [0, 0.1) is 0 Å². The Morgan fingerprint density at radius 2 is 2.00 bits per heavy atom. The maximum absolute atomic E-state index is 11.4. The third-order valence-electron chi connectivity index (χ3n) is 1.73. The van der Waals surface area contributed by atoms with E-state index in [2.05, 4.69) is 6.58 Å². The summed E-state index contributed by atoms with van der Waals surface area (Å²) < 4.78 is 9.84. The number of hydrogen-bond donors (Lipinski definition) is 1. The Kier molecular flexibility index (Phi) is 6.50. The summed E-state index contributed by atoms with van der Waals surface area (Å²) in [6, 6.07) is -0.803. The van der Waals surface area contributed by atoms with Crippen LogP contribution in [-0.4, -0.2) is 30.2 Å². The van der Waals surface area contributed by atoms with E-state index in [1.165, 1.54) is 6.08 Å². The first-order valence-corrected chi connectivity index (χ1v) is 5.51. The zero-order valence-electron chi connectivity index (χ0n) is 10.7. The van der Waals surface area contributed by atoms with Crippen LogP contribution < -0.4 is 5.73 Å². The first kappa shape index (κ1) is 15.6. The molecular formula is C12H21NO4. The molecule has 0 aliphatic carbocycles. The fourth-order valence-corrected chi connectivity index (χ4v) is 1.03. The number of nitrogens with two attached hydrogens (primary N) is 1. The lowest BCUT2D eigenvalue weighted by atomic mass is 10.1. The largest absolute Gasteiger partial charge is 0.460 e. The van der Waals surface area contributed by atoms with E-state index in [9.17, 15) is 9.59 Å². The molecule has 0 aliphatic heterocycles. The molecule has 0 saturated carbocycles. The smallest absolute Gasteiger partial charge is 0.323 e. The average molecular weight is 243 g/mol. The van der Waals surface area contributed by atoms with Gasteiger partial charge in [0.25, 0.3) is 0 Å². The van der Waals surface area contributed by atoms with Crippen molar-refractivity contribution in [2.45, 2.75) is 45.3 Å². The van der Waals surface area contributed by atoms with Gasteiger partial charge in [0.15, 0.2) is 0 Å². The molecular weight excluding hydrogens is 222 g/mol. The highest BCUT2D eigenvalue weighted by Gasteiger charge is 2.20. The zero-order chi connectivity index (χ0) is 13.5. The minimum Gasteiger partial charge on any atom is -0.460 e. The molecule has 0 rings (SSSR count). The predicted molar refractivity (Wildman–Crippen MR) is 64.2 cm³/mol. The van der Waals surface area contributed by atoms with Crippen LogP contribution in [-0.2, 0) is 19.1 Å². The zero-order valence-corrected chi connectivity index (χ0v) is 10.7. The van der Waals surface area contributed by atoms with Crippen LogP contribution in [0.15, 0.2) is 12.7 Å². The third kappa shape index (κ3) is 8.45. The van der Waals surface area contributed by atoms with Crippen molar-refractivity contribution in [1.29, 1.82) is 0 Å². The van der Waals surface area contributed by atoms with E-state index in [1.54, 1.807) is 20.8 Å². The van der Waals surface area contributed by atoms with E-state index in [0.717, 1.165) is 0 Å². The second kappa shape index (κ2) is 7.06. The van der Waals surface area contributed by atoms with Crippen molar-refractivity contribution in [3.05, 3.63) is 12.7 Å². The lowest BCUT2D eigenvalue weighted by Gasteiger charge is -2.19. The summed E-state index contributed by atoms with van der Waals surface area (Å²) in [6.07, 6.45) is 1.77. The minimum atomic E-state index is -0.803. The molecule has 0 fully saturated rings. The molecule has 0 bridgehead atoms. The van der Waals surface area contributed by atoms with Gasteiger partial charge in [-0.2, -0.15) is 0 Å². The van der Waals surface area contributed by atoms with Gasteiger partial charge in [0.1, 0.15) is 18.2 Å². The van der Waals surface area contributed by atoms with Crippen molar-refractivity contribution >= 4 is 11.9 Å². The summed E-state index contributed by atoms with van der Waals surface area (Å²) >= 11 is 0. The van der Waals surface area contributed by atoms with E-state index in [1.807, 2.05) is 0 Å². The van der Waals surface area contributed by atoms with E-state index < -0.39 is 17.6 Å². The SMILES string of the molecule is C=CCOC(=O)[C@@H](N)CCC(=O)OC(C)(C)C. The van der Waals surface area contributed by atoms with Crippen molar-refractivity contribution < 1.29 is 19.1 Å². The van der Waals surface area contributed by atoms with Crippen LogP contribution in [0.5, 0.6) is 0 Å². The Balaban J connectivity index is 3.91. The highest BCUT2D eigenvalue weighted by Crippen LogP contribution is 2.09. The van der Waals surface area contributed by atoms with Gasteiger partial charge in [-0.05, 0) is 27.2 Å². The van der Waals surface area contributed by atoms with Crippen molar-refractivity contribution in [3.63, 3.8) is 0 Å². The third-order valence-corrected chi connectivity index (χ3v) is 1.73. The Morgan fingerprint density at radius 1 is 1.41 bits per heavy atom. The number of carbonyl (C=O) groups excluding carboxylic acids is 2. The molecule has 0 aromatic heterocycles. The second-order valence-electron chi connectivity index (χ2n) is 4.65. The van der Waals surface area contributed by atoms with Gasteiger partial charge in [-0.1, -0.05) is 12.7 Å². The lowest BCUT2D eigenvalue weighted by molar-refractivity contribution is -0.155. The summed E-state index contributed by atoms with van der Waals surface area (Å²) in [5.74, 6) is -0.905. The monoisotopic (exact) mass is 243 g/mol. The standard InChI is InChI=1S/C12H21NO4/c1-5-8-16-11(15)9(13)6-7-10(14)17-12(2,3)4/h5,9H,1,6-8,13H2,2-4H3/t9-/m0/s1. The molecule has 0 aliphatic rings. The van der Waals surface area contributed by atoms with Crippen molar-refractivity contribution in [1.82, 2.24) is 0 Å². The van der Waals surface area contributed by atoms with Gasteiger partial charge < -0.3 is 15.2 Å². The Morgan fingerprint density at radius 3 is 2.47 bits per heavy atom. The molecule has 0 amide bonds. The molecule has 5 nitrogen and oxygen atoms in total. The average Bonchev–Trinajstić information content (AvgIpc) is 2.20. The van der Waals surface area contributed by atoms with Crippen LogP contribution in [0.1, 0.15) is 33.6 Å². The van der Waals surface area contributed by atoms with E-state index in [4.69, 9.17) is 15.2 Å². The quantitative estimate of drug-likeness (QED) is 0.559. The number of esters is 2. The van der Waals surface area contributed by atoms with Crippen LogP contribution >= 0.6 is 0 Å². The van der Waals surface area contributed by atoms with E-state index >= 15 is 0 Å². The van der Waals surface area contributed by atoms with Crippen molar-refractivity contribution in [2.75, 3.05) is 6.61 Å². The molecule has 0 aromatic carbocycles. The fourth-order valence-electron chi connectivity index (χ4n) is 1.03. The van der Waals surface area contributed by atoms with Crippen LogP contribution in [0.25, 0.3) is 0 Å². The van der Waals surface area contributed by atoms with Gasteiger partial charge in [-0.25, -0.2) is 0 Å². The highest BCUT2D eigenvalue weighted by atomic mass is 16.6. The Bertz CT molecular complexity index is 281. The Labute approximate surface area is 102 Å². The number of carbonyl (C=O) groups is 2. The molecule has 1 atom stereocenters. The molecule has 0 spiro atoms. The summed E-state index contributed by atoms with van der Waals surface area (Å²) in [4.78, 5) is 22.6. The maximum Gasteiger partial charge on any atom is 0.323 e. The van der Waals surface area contributed by atoms with Crippen LogP contribution in [0.4, 0.5) is 0 Å². The molecule has 0 aromatic rings. The van der Waals surface area contributed by atoms with Gasteiger partial charge >= 0.3 is 11.9 Å². The van der Waals surface area contributed by atoms with Gasteiger partial charge in [0, 0.05) is 6.42 Å². The number of ether oxygens (including phenoxy) is 2. The first-order valence-electron chi connectivity index (χ1n) is 5.51. The normalized spacial score (nSPS) is 12.7. The molecule has 0 heterocycles. The van der Waals surface area contributed by atoms with Crippen LogP contribution in [0.3, 0.4) is 0 Å². The molecule has 98 valence electrons. The Hall–Kier alpha value is -1.36. The molecule has 5 heteroatoms. The molecule has 0 unspecified atom stereocenters. The number of rotatable bonds is 6. The van der Waals surface area contributed by atoms with E-state index in [0.29, 0.717) is 0 Å². The van der Waals surface area contributed by atoms with Gasteiger partial charge in [0.2, 0.25) is 0 Å². The number of hydrogen-bond acceptors (Lipinski definition) is 5. The van der Waals surface area contributed by atoms with Gasteiger partial charge in [-0.15, -0.1) is 0 Å². The summed E-state index contributed by atoms with van der Waals surface area (Å²) in [5.41, 5.74) is 5.03. The van der Waals surface area contributed by atoms with Crippen molar-refractivity contribution in [2.24, 2.45) is 5.73 Å². The summed E-state index contributed by atoms with van der Waals surface area (Å²) in [5, 5.41) is 0. The predicted octanol–water partition coefficient (Wildman–Crippen LogP) is 1.16. The maximum atomic E-state index is 11.4. The first-order chi connectivity index (χ1) is 7.76. The second-order valence-corrected chi connectivity index (χ2v) is 4.65.